The van der Waals surface area contributed by atoms with E-state index in [0.717, 1.165) is 29.7 Å². The number of ether oxygens (including phenoxy) is 1. The first kappa shape index (κ1) is 17.6. The Labute approximate surface area is 148 Å². The van der Waals surface area contributed by atoms with E-state index in [-0.39, 0.29) is 17.7 Å². The first-order valence-electron chi connectivity index (χ1n) is 8.89. The minimum Gasteiger partial charge on any atom is -0.487 e. The maximum atomic E-state index is 12.6. The Bertz CT molecular complexity index is 693. The number of nitrogens with one attached hydrogen (secondary N) is 2. The minimum atomic E-state index is -0.916. The molecule has 0 saturated heterocycles. The van der Waals surface area contributed by atoms with Gasteiger partial charge in [0.2, 0.25) is 5.91 Å². The highest BCUT2D eigenvalue weighted by atomic mass is 16.5. The van der Waals surface area contributed by atoms with Crippen molar-refractivity contribution in [3.8, 4) is 5.75 Å². The van der Waals surface area contributed by atoms with Crippen LogP contribution in [-0.2, 0) is 4.79 Å². The maximum Gasteiger partial charge on any atom is 0.316 e. The lowest BCUT2D eigenvalue weighted by Gasteiger charge is -2.38. The van der Waals surface area contributed by atoms with Gasteiger partial charge in [0, 0.05) is 12.0 Å². The van der Waals surface area contributed by atoms with Gasteiger partial charge in [-0.2, -0.15) is 0 Å². The van der Waals surface area contributed by atoms with E-state index in [1.165, 1.54) is 0 Å². The SMILES string of the molecule is Cc1ccc2c(c1)OC(C)(C)C[C@@H]2NC(=O)NC1(C(N)=O)CCCC1. The molecule has 25 heavy (non-hydrogen) atoms. The summed E-state index contributed by atoms with van der Waals surface area (Å²) in [6.45, 7) is 6.02. The van der Waals surface area contributed by atoms with E-state index in [9.17, 15) is 9.59 Å². The van der Waals surface area contributed by atoms with Crippen molar-refractivity contribution in [3.63, 3.8) is 0 Å². The number of benzene rings is 1. The monoisotopic (exact) mass is 345 g/mol. The average Bonchev–Trinajstić information content (AvgIpc) is 2.95. The zero-order chi connectivity index (χ0) is 18.2. The zero-order valence-electron chi connectivity index (χ0n) is 15.1. The first-order valence-corrected chi connectivity index (χ1v) is 8.89. The third-order valence-electron chi connectivity index (χ3n) is 5.21. The fourth-order valence-electron chi connectivity index (χ4n) is 3.91. The fraction of sp³-hybridized carbons (Fsp3) is 0.579. The van der Waals surface area contributed by atoms with E-state index in [1.54, 1.807) is 0 Å². The number of fused-ring (bicyclic) bond motifs is 1. The number of hydrogen-bond donors (Lipinski definition) is 3. The molecule has 136 valence electrons. The van der Waals surface area contributed by atoms with E-state index in [4.69, 9.17) is 10.5 Å². The molecule has 0 spiro atoms. The molecule has 0 aromatic heterocycles. The molecule has 1 aromatic carbocycles. The largest absolute Gasteiger partial charge is 0.487 e. The predicted octanol–water partition coefficient (Wildman–Crippen LogP) is 2.69. The van der Waals surface area contributed by atoms with Crippen molar-refractivity contribution >= 4 is 11.9 Å². The lowest BCUT2D eigenvalue weighted by atomic mass is 9.89. The Hall–Kier alpha value is -2.24. The van der Waals surface area contributed by atoms with Gasteiger partial charge >= 0.3 is 6.03 Å². The summed E-state index contributed by atoms with van der Waals surface area (Å²) in [4.78, 5) is 24.4. The quantitative estimate of drug-likeness (QED) is 0.786. The summed E-state index contributed by atoms with van der Waals surface area (Å²) in [6, 6.07) is 5.46. The summed E-state index contributed by atoms with van der Waals surface area (Å²) in [5.41, 5.74) is 6.32. The van der Waals surface area contributed by atoms with Gasteiger partial charge in [0.15, 0.2) is 0 Å². The molecule has 1 saturated carbocycles. The van der Waals surface area contributed by atoms with E-state index in [2.05, 4.69) is 10.6 Å². The van der Waals surface area contributed by atoms with Gasteiger partial charge in [-0.3, -0.25) is 4.79 Å². The van der Waals surface area contributed by atoms with Crippen LogP contribution in [0.3, 0.4) is 0 Å². The topological polar surface area (TPSA) is 93.4 Å². The van der Waals surface area contributed by atoms with Crippen LogP contribution in [0.1, 0.15) is 63.1 Å². The molecular weight excluding hydrogens is 318 g/mol. The summed E-state index contributed by atoms with van der Waals surface area (Å²) in [5.74, 6) is 0.343. The van der Waals surface area contributed by atoms with Gasteiger partial charge in [-0.1, -0.05) is 25.0 Å². The summed E-state index contributed by atoms with van der Waals surface area (Å²) in [5, 5.41) is 5.86. The second kappa shape index (κ2) is 6.24. The number of hydrogen-bond acceptors (Lipinski definition) is 3. The fourth-order valence-corrected chi connectivity index (χ4v) is 3.91. The smallest absolute Gasteiger partial charge is 0.316 e. The van der Waals surface area contributed by atoms with Crippen molar-refractivity contribution in [3.05, 3.63) is 29.3 Å². The highest BCUT2D eigenvalue weighted by Crippen LogP contribution is 2.40. The van der Waals surface area contributed by atoms with E-state index >= 15 is 0 Å². The normalized spacial score (nSPS) is 23.2. The zero-order valence-corrected chi connectivity index (χ0v) is 15.1. The Morgan fingerprint density at radius 2 is 1.92 bits per heavy atom. The molecule has 4 N–H and O–H groups in total. The highest BCUT2D eigenvalue weighted by Gasteiger charge is 2.42. The molecule has 2 aliphatic rings. The van der Waals surface area contributed by atoms with Crippen LogP contribution >= 0.6 is 0 Å². The molecule has 0 radical (unpaired) electrons. The van der Waals surface area contributed by atoms with Crippen molar-refractivity contribution in [2.75, 3.05) is 0 Å². The van der Waals surface area contributed by atoms with Crippen molar-refractivity contribution in [2.45, 2.75) is 70.1 Å². The van der Waals surface area contributed by atoms with E-state index in [0.29, 0.717) is 19.3 Å². The first-order chi connectivity index (χ1) is 11.7. The molecule has 6 nitrogen and oxygen atoms in total. The van der Waals surface area contributed by atoms with Gasteiger partial charge in [0.1, 0.15) is 16.9 Å². The molecule has 1 aliphatic heterocycles. The number of urea groups is 1. The Morgan fingerprint density at radius 1 is 1.24 bits per heavy atom. The van der Waals surface area contributed by atoms with E-state index < -0.39 is 11.4 Å². The molecule has 1 heterocycles. The molecule has 1 fully saturated rings. The van der Waals surface area contributed by atoms with Crippen molar-refractivity contribution < 1.29 is 14.3 Å². The molecule has 3 amide bonds. The molecule has 0 bridgehead atoms. The Morgan fingerprint density at radius 3 is 2.56 bits per heavy atom. The molecular formula is C19H27N3O3. The third kappa shape index (κ3) is 3.57. The van der Waals surface area contributed by atoms with Crippen LogP contribution in [0.15, 0.2) is 18.2 Å². The minimum absolute atomic E-state index is 0.175. The number of nitrogens with two attached hydrogens (primary N) is 1. The third-order valence-corrected chi connectivity index (χ3v) is 5.21. The summed E-state index contributed by atoms with van der Waals surface area (Å²) < 4.78 is 6.06. The molecule has 1 atom stereocenters. The molecule has 1 aliphatic carbocycles. The second-order valence-electron chi connectivity index (χ2n) is 7.91. The van der Waals surface area contributed by atoms with Gasteiger partial charge in [-0.05, 0) is 45.2 Å². The van der Waals surface area contributed by atoms with Crippen LogP contribution in [0, 0.1) is 6.92 Å². The number of primary amides is 1. The lowest BCUT2D eigenvalue weighted by molar-refractivity contribution is -0.123. The van der Waals surface area contributed by atoms with Gasteiger partial charge < -0.3 is 21.1 Å². The van der Waals surface area contributed by atoms with Gasteiger partial charge in [0.05, 0.1) is 6.04 Å². The van der Waals surface area contributed by atoms with Gasteiger partial charge in [-0.25, -0.2) is 4.79 Å². The van der Waals surface area contributed by atoms with Crippen molar-refractivity contribution in [1.29, 1.82) is 0 Å². The van der Waals surface area contributed by atoms with Crippen LogP contribution in [0.4, 0.5) is 4.79 Å². The van der Waals surface area contributed by atoms with Crippen molar-refractivity contribution in [2.24, 2.45) is 5.73 Å². The van der Waals surface area contributed by atoms with Gasteiger partial charge in [-0.15, -0.1) is 0 Å². The summed E-state index contributed by atoms with van der Waals surface area (Å²) in [7, 11) is 0. The van der Waals surface area contributed by atoms with Crippen LogP contribution in [-0.4, -0.2) is 23.1 Å². The molecule has 0 unspecified atom stereocenters. The number of aryl methyl sites for hydroxylation is 1. The van der Waals surface area contributed by atoms with Crippen molar-refractivity contribution in [1.82, 2.24) is 10.6 Å². The summed E-state index contributed by atoms with van der Waals surface area (Å²) in [6.07, 6.45) is 3.65. The molecule has 3 rings (SSSR count). The number of rotatable bonds is 3. The Kier molecular flexibility index (Phi) is 4.39. The van der Waals surface area contributed by atoms with Gasteiger partial charge in [0.25, 0.3) is 0 Å². The standard InChI is InChI=1S/C19H27N3O3/c1-12-6-7-13-14(11-18(2,3)25-15(13)10-12)21-17(24)22-19(16(20)23)8-4-5-9-19/h6-7,10,14H,4-5,8-9,11H2,1-3H3,(H2,20,23)(H2,21,22,24)/t14-/m0/s1. The number of carbonyl (C=O) groups is 2. The van der Waals surface area contributed by atoms with Crippen LogP contribution < -0.4 is 21.1 Å². The second-order valence-corrected chi connectivity index (χ2v) is 7.91. The predicted molar refractivity (Wildman–Crippen MR) is 95.3 cm³/mol. The summed E-state index contributed by atoms with van der Waals surface area (Å²) >= 11 is 0. The Balaban J connectivity index is 1.78. The molecule has 1 aromatic rings. The average molecular weight is 345 g/mol. The van der Waals surface area contributed by atoms with Crippen LogP contribution in [0.2, 0.25) is 0 Å². The van der Waals surface area contributed by atoms with E-state index in [1.807, 2.05) is 39.0 Å². The number of amides is 3. The number of carbonyl (C=O) groups excluding carboxylic acids is 2. The van der Waals surface area contributed by atoms with Crippen LogP contribution in [0.25, 0.3) is 0 Å². The maximum absolute atomic E-state index is 12.6. The van der Waals surface area contributed by atoms with Crippen LogP contribution in [0.5, 0.6) is 5.75 Å². The lowest BCUT2D eigenvalue weighted by Crippen LogP contribution is -2.58. The highest BCUT2D eigenvalue weighted by molar-refractivity contribution is 5.90. The molecule has 6 heteroatoms.